The summed E-state index contributed by atoms with van der Waals surface area (Å²) in [5, 5.41) is 7.96. The molecule has 0 aliphatic heterocycles. The smallest absolute Gasteiger partial charge is 0.202 e. The predicted molar refractivity (Wildman–Crippen MR) is 110 cm³/mol. The molecule has 142 valence electrons. The molecule has 0 radical (unpaired) electrons. The number of allylic oxidation sites excluding steroid dienone is 3. The second-order valence-corrected chi connectivity index (χ2v) is 7.93. The molecule has 2 aromatic rings. The van der Waals surface area contributed by atoms with Gasteiger partial charge in [-0.05, 0) is 25.1 Å². The number of aromatic nitrogens is 2. The summed E-state index contributed by atoms with van der Waals surface area (Å²) in [6.07, 6.45) is 3.52. The molecule has 0 saturated heterocycles. The molecule has 0 unspecified atom stereocenters. The van der Waals surface area contributed by atoms with E-state index in [1.165, 1.54) is 0 Å². The molecule has 0 bridgehead atoms. The average molecular weight is 388 g/mol. The van der Waals surface area contributed by atoms with E-state index in [1.54, 1.807) is 17.5 Å². The number of carbonyl (C=O) groups is 1. The lowest BCUT2D eigenvalue weighted by molar-refractivity contribution is -0.868. The van der Waals surface area contributed by atoms with Crippen molar-refractivity contribution in [1.29, 1.82) is 0 Å². The van der Waals surface area contributed by atoms with Gasteiger partial charge in [-0.2, -0.15) is 0 Å². The molecule has 27 heavy (non-hydrogen) atoms. The lowest BCUT2D eigenvalue weighted by Gasteiger charge is -2.23. The van der Waals surface area contributed by atoms with Crippen LogP contribution in [0, 0.1) is 0 Å². The van der Waals surface area contributed by atoms with Gasteiger partial charge in [-0.1, -0.05) is 17.7 Å². The second-order valence-electron chi connectivity index (χ2n) is 7.55. The van der Waals surface area contributed by atoms with E-state index in [2.05, 4.69) is 31.6 Å². The third-order valence-corrected chi connectivity index (χ3v) is 4.62. The number of nitrogens with one attached hydrogen (secondary N) is 1. The van der Waals surface area contributed by atoms with Crippen LogP contribution in [0.5, 0.6) is 0 Å². The lowest BCUT2D eigenvalue weighted by Crippen LogP contribution is -2.38. The number of hydrogen-bond donors (Lipinski definition) is 2. The van der Waals surface area contributed by atoms with Gasteiger partial charge in [0.15, 0.2) is 5.82 Å². The van der Waals surface area contributed by atoms with Crippen molar-refractivity contribution in [1.82, 2.24) is 9.61 Å². The maximum Gasteiger partial charge on any atom is 0.202 e. The zero-order valence-electron chi connectivity index (χ0n) is 16.0. The summed E-state index contributed by atoms with van der Waals surface area (Å²) in [4.78, 5) is 16.7. The number of halogens is 1. The summed E-state index contributed by atoms with van der Waals surface area (Å²) in [6, 6.07) is 5.76. The number of quaternary nitrogens is 1. The number of ketones is 1. The van der Waals surface area contributed by atoms with Gasteiger partial charge in [0.25, 0.3) is 0 Å². The van der Waals surface area contributed by atoms with E-state index in [1.807, 2.05) is 24.4 Å². The third kappa shape index (κ3) is 4.04. The van der Waals surface area contributed by atoms with Crippen molar-refractivity contribution in [3.63, 3.8) is 0 Å². The molecule has 2 heterocycles. The van der Waals surface area contributed by atoms with E-state index < -0.39 is 0 Å². The summed E-state index contributed by atoms with van der Waals surface area (Å²) >= 11 is 6.08. The standard InChI is InChI=1S/C19H23ClN6O/c1-12-11-13(16(21)15(20)18(12)27)23-17-14-7-5-6-9-25(14)24-19(17)22-8-10-26(2,3)4/h5-7,9,11H,8,10H2,1-4H3,(H2-,21,22,24,27)/p+1/b23-13+. The van der Waals surface area contributed by atoms with Crippen LogP contribution in [-0.4, -0.2) is 59.8 Å². The first kappa shape index (κ1) is 19.1. The number of nitrogens with two attached hydrogens (primary N) is 1. The lowest BCUT2D eigenvalue weighted by atomic mass is 10.0. The summed E-state index contributed by atoms with van der Waals surface area (Å²) in [6.45, 7) is 3.36. The van der Waals surface area contributed by atoms with E-state index in [0.29, 0.717) is 22.8 Å². The Bertz CT molecular complexity index is 993. The summed E-state index contributed by atoms with van der Waals surface area (Å²) < 4.78 is 2.60. The minimum Gasteiger partial charge on any atom is -0.396 e. The number of pyridine rings is 1. The highest BCUT2D eigenvalue weighted by molar-refractivity contribution is 6.49. The van der Waals surface area contributed by atoms with Gasteiger partial charge < -0.3 is 15.5 Å². The molecule has 3 rings (SSSR count). The Morgan fingerprint density at radius 1 is 1.33 bits per heavy atom. The number of aliphatic imine (C=N–C) groups is 1. The fourth-order valence-electron chi connectivity index (χ4n) is 2.69. The van der Waals surface area contributed by atoms with Gasteiger partial charge in [0.2, 0.25) is 5.78 Å². The van der Waals surface area contributed by atoms with Crippen LogP contribution in [-0.2, 0) is 4.79 Å². The van der Waals surface area contributed by atoms with E-state index in [9.17, 15) is 4.79 Å². The highest BCUT2D eigenvalue weighted by atomic mass is 35.5. The fraction of sp³-hybridized carbons (Fsp3) is 0.316. The van der Waals surface area contributed by atoms with Gasteiger partial charge in [-0.25, -0.2) is 9.51 Å². The zero-order valence-corrected chi connectivity index (χ0v) is 16.7. The Kier molecular flexibility index (Phi) is 5.08. The van der Waals surface area contributed by atoms with Gasteiger partial charge >= 0.3 is 0 Å². The monoisotopic (exact) mass is 387 g/mol. The van der Waals surface area contributed by atoms with E-state index >= 15 is 0 Å². The summed E-state index contributed by atoms with van der Waals surface area (Å²) in [7, 11) is 6.39. The molecular weight excluding hydrogens is 364 g/mol. The maximum atomic E-state index is 12.0. The zero-order chi connectivity index (χ0) is 19.8. The highest BCUT2D eigenvalue weighted by Crippen LogP contribution is 2.31. The van der Waals surface area contributed by atoms with Crippen LogP contribution in [0.4, 0.5) is 11.5 Å². The largest absolute Gasteiger partial charge is 0.396 e. The minimum atomic E-state index is -0.269. The van der Waals surface area contributed by atoms with Crippen LogP contribution in [0.25, 0.3) is 5.52 Å². The van der Waals surface area contributed by atoms with Crippen molar-refractivity contribution in [2.24, 2.45) is 10.7 Å². The number of carbonyl (C=O) groups excluding carboxylic acids is 1. The number of Topliss-reactive ketones (excluding diaryl/α,β-unsaturated/α-hetero) is 1. The minimum absolute atomic E-state index is 0.00441. The SMILES string of the molecule is CC1=C/C(=N\c2c(NCC[N+](C)(C)C)nn3ccccc23)C(N)=C(Cl)C1=O. The Morgan fingerprint density at radius 3 is 2.78 bits per heavy atom. The van der Waals surface area contributed by atoms with Crippen molar-refractivity contribution >= 4 is 40.1 Å². The second kappa shape index (κ2) is 7.17. The van der Waals surface area contributed by atoms with Gasteiger partial charge in [0.05, 0.1) is 51.2 Å². The molecule has 7 nitrogen and oxygen atoms in total. The Morgan fingerprint density at radius 2 is 2.07 bits per heavy atom. The van der Waals surface area contributed by atoms with E-state index in [-0.39, 0.29) is 16.5 Å². The first-order valence-corrected chi connectivity index (χ1v) is 9.04. The number of rotatable bonds is 5. The summed E-state index contributed by atoms with van der Waals surface area (Å²) in [5.74, 6) is 0.392. The molecule has 8 heteroatoms. The molecule has 3 N–H and O–H groups in total. The first-order valence-electron chi connectivity index (χ1n) is 8.66. The first-order chi connectivity index (χ1) is 12.7. The Hall–Kier alpha value is -2.64. The molecule has 0 atom stereocenters. The maximum absolute atomic E-state index is 12.0. The average Bonchev–Trinajstić information content (AvgIpc) is 2.94. The van der Waals surface area contributed by atoms with Crippen molar-refractivity contribution in [3.05, 3.63) is 46.8 Å². The number of fused-ring (bicyclic) bond motifs is 1. The Labute approximate surface area is 163 Å². The van der Waals surface area contributed by atoms with Crippen LogP contribution >= 0.6 is 11.6 Å². The van der Waals surface area contributed by atoms with E-state index in [4.69, 9.17) is 22.3 Å². The highest BCUT2D eigenvalue weighted by Gasteiger charge is 2.23. The van der Waals surface area contributed by atoms with Crippen molar-refractivity contribution in [2.45, 2.75) is 6.92 Å². The molecule has 2 aromatic heterocycles. The fourth-order valence-corrected chi connectivity index (χ4v) is 2.94. The number of hydrogen-bond acceptors (Lipinski definition) is 5. The van der Waals surface area contributed by atoms with Gasteiger partial charge in [-0.3, -0.25) is 4.79 Å². The third-order valence-electron chi connectivity index (χ3n) is 4.24. The molecule has 1 aliphatic carbocycles. The molecule has 1 aliphatic rings. The van der Waals surface area contributed by atoms with E-state index in [0.717, 1.165) is 23.1 Å². The van der Waals surface area contributed by atoms with Crippen LogP contribution in [0.3, 0.4) is 0 Å². The van der Waals surface area contributed by atoms with Crippen LogP contribution < -0.4 is 11.1 Å². The summed E-state index contributed by atoms with van der Waals surface area (Å²) in [5.41, 5.74) is 8.69. The number of anilines is 1. The molecular formula is C19H24ClN6O+. The molecule has 0 saturated carbocycles. The van der Waals surface area contributed by atoms with Crippen LogP contribution in [0.1, 0.15) is 6.92 Å². The topological polar surface area (TPSA) is 84.8 Å². The molecule has 0 fully saturated rings. The number of nitrogens with zero attached hydrogens (tertiary/aromatic N) is 4. The molecule has 0 aromatic carbocycles. The quantitative estimate of drug-likeness (QED) is 0.609. The van der Waals surface area contributed by atoms with Gasteiger partial charge in [-0.15, -0.1) is 5.10 Å². The molecule has 0 spiro atoms. The Balaban J connectivity index is 2.05. The van der Waals surface area contributed by atoms with Crippen molar-refractivity contribution in [2.75, 3.05) is 39.5 Å². The number of likely N-dealkylation sites (N-methyl/N-ethyl adjacent to an activating group) is 1. The van der Waals surface area contributed by atoms with Gasteiger partial charge in [0.1, 0.15) is 10.7 Å². The van der Waals surface area contributed by atoms with Crippen molar-refractivity contribution < 1.29 is 9.28 Å². The molecule has 0 amide bonds. The predicted octanol–water partition coefficient (Wildman–Crippen LogP) is 2.46. The van der Waals surface area contributed by atoms with Crippen molar-refractivity contribution in [3.8, 4) is 0 Å². The van der Waals surface area contributed by atoms with Gasteiger partial charge in [0, 0.05) is 11.8 Å². The van der Waals surface area contributed by atoms with Crippen LogP contribution in [0.15, 0.2) is 51.8 Å². The van der Waals surface area contributed by atoms with Crippen LogP contribution in [0.2, 0.25) is 0 Å². The normalized spacial score (nSPS) is 17.0.